The Balaban J connectivity index is 2.57. The van der Waals surface area contributed by atoms with Crippen LogP contribution in [0.4, 0.5) is 0 Å². The number of rotatable bonds is 6. The normalized spacial score (nSPS) is 14.2. The zero-order valence-corrected chi connectivity index (χ0v) is 11.2. The fourth-order valence-electron chi connectivity index (χ4n) is 1.33. The predicted molar refractivity (Wildman–Crippen MR) is 64.1 cm³/mol. The number of sulfone groups is 1. The van der Waals surface area contributed by atoms with Crippen LogP contribution in [0.1, 0.15) is 38.0 Å². The van der Waals surface area contributed by atoms with E-state index < -0.39 is 15.9 Å². The summed E-state index contributed by atoms with van der Waals surface area (Å²) in [7, 11) is -3.01. The summed E-state index contributed by atoms with van der Waals surface area (Å²) in [4.78, 5) is 4.15. The van der Waals surface area contributed by atoms with Crippen LogP contribution in [0.2, 0.25) is 0 Å². The standard InChI is InChI=1S/C10H19N3O3S/c1-7(2)6-9-12-10(16-13-9)8(11)4-5-17(3,14)15/h7-8H,4-6,11H2,1-3H3. The highest BCUT2D eigenvalue weighted by atomic mass is 32.2. The first-order valence-electron chi connectivity index (χ1n) is 5.53. The average Bonchev–Trinajstić information content (AvgIpc) is 2.60. The molecule has 0 spiro atoms. The van der Waals surface area contributed by atoms with Crippen molar-refractivity contribution < 1.29 is 12.9 Å². The third kappa shape index (κ3) is 5.27. The molecule has 0 aromatic carbocycles. The molecule has 1 unspecified atom stereocenters. The molecule has 1 aromatic rings. The van der Waals surface area contributed by atoms with Crippen molar-refractivity contribution in [2.24, 2.45) is 11.7 Å². The molecule has 1 heterocycles. The first-order chi connectivity index (χ1) is 7.78. The van der Waals surface area contributed by atoms with Crippen molar-refractivity contribution in [3.05, 3.63) is 11.7 Å². The minimum atomic E-state index is -3.01. The van der Waals surface area contributed by atoms with Gasteiger partial charge >= 0.3 is 0 Å². The van der Waals surface area contributed by atoms with Crippen molar-refractivity contribution in [2.75, 3.05) is 12.0 Å². The van der Waals surface area contributed by atoms with Crippen LogP contribution in [0.25, 0.3) is 0 Å². The molecular formula is C10H19N3O3S. The molecule has 17 heavy (non-hydrogen) atoms. The molecule has 0 aliphatic carbocycles. The van der Waals surface area contributed by atoms with Crippen LogP contribution in [0.15, 0.2) is 4.52 Å². The van der Waals surface area contributed by atoms with E-state index in [-0.39, 0.29) is 5.75 Å². The van der Waals surface area contributed by atoms with Gasteiger partial charge in [0.05, 0.1) is 11.8 Å². The number of nitrogens with two attached hydrogens (primary N) is 1. The SMILES string of the molecule is CC(C)Cc1noc(C(N)CCS(C)(=O)=O)n1. The van der Waals surface area contributed by atoms with Gasteiger partial charge in [-0.2, -0.15) is 4.98 Å². The lowest BCUT2D eigenvalue weighted by atomic mass is 10.1. The van der Waals surface area contributed by atoms with Gasteiger partial charge in [-0.3, -0.25) is 0 Å². The summed E-state index contributed by atoms with van der Waals surface area (Å²) >= 11 is 0. The van der Waals surface area contributed by atoms with E-state index in [1.807, 2.05) is 0 Å². The van der Waals surface area contributed by atoms with Gasteiger partial charge < -0.3 is 10.3 Å². The molecule has 0 bridgehead atoms. The summed E-state index contributed by atoms with van der Waals surface area (Å²) in [5.74, 6) is 1.39. The minimum absolute atomic E-state index is 0.0239. The van der Waals surface area contributed by atoms with Crippen molar-refractivity contribution in [2.45, 2.75) is 32.7 Å². The molecule has 0 fully saturated rings. The summed E-state index contributed by atoms with van der Waals surface area (Å²) in [6.07, 6.45) is 2.20. The second-order valence-corrected chi connectivity index (χ2v) is 6.93. The number of aromatic nitrogens is 2. The molecule has 2 N–H and O–H groups in total. The van der Waals surface area contributed by atoms with Gasteiger partial charge in [-0.25, -0.2) is 8.42 Å². The second-order valence-electron chi connectivity index (χ2n) is 4.67. The fraction of sp³-hybridized carbons (Fsp3) is 0.800. The van der Waals surface area contributed by atoms with Gasteiger partial charge in [-0.15, -0.1) is 0 Å². The van der Waals surface area contributed by atoms with Gasteiger partial charge in [0.1, 0.15) is 9.84 Å². The summed E-state index contributed by atoms with van der Waals surface area (Å²) in [5.41, 5.74) is 5.79. The Morgan fingerprint density at radius 3 is 2.59 bits per heavy atom. The molecule has 0 saturated carbocycles. The average molecular weight is 261 g/mol. The first-order valence-corrected chi connectivity index (χ1v) is 7.60. The minimum Gasteiger partial charge on any atom is -0.338 e. The molecule has 0 aliphatic rings. The lowest BCUT2D eigenvalue weighted by Crippen LogP contribution is -2.16. The lowest BCUT2D eigenvalue weighted by molar-refractivity contribution is 0.347. The number of hydrogen-bond donors (Lipinski definition) is 1. The van der Waals surface area contributed by atoms with Crippen molar-refractivity contribution in [1.29, 1.82) is 0 Å². The molecule has 1 atom stereocenters. The third-order valence-electron chi connectivity index (χ3n) is 2.19. The molecule has 0 amide bonds. The van der Waals surface area contributed by atoms with E-state index >= 15 is 0 Å². The molecule has 1 aromatic heterocycles. The van der Waals surface area contributed by atoms with Crippen LogP contribution in [-0.4, -0.2) is 30.6 Å². The van der Waals surface area contributed by atoms with Crippen LogP contribution >= 0.6 is 0 Å². The molecule has 98 valence electrons. The van der Waals surface area contributed by atoms with Crippen LogP contribution in [0.3, 0.4) is 0 Å². The van der Waals surface area contributed by atoms with Gasteiger partial charge in [-0.05, 0) is 12.3 Å². The highest BCUT2D eigenvalue weighted by Gasteiger charge is 2.17. The van der Waals surface area contributed by atoms with E-state index in [0.717, 1.165) is 6.42 Å². The summed E-state index contributed by atoms with van der Waals surface area (Å²) in [6.45, 7) is 4.11. The fourth-order valence-corrected chi connectivity index (χ4v) is 2.01. The van der Waals surface area contributed by atoms with Gasteiger partial charge in [0.15, 0.2) is 5.82 Å². The summed E-state index contributed by atoms with van der Waals surface area (Å²) in [6, 6.07) is -0.516. The Hall–Kier alpha value is -0.950. The van der Waals surface area contributed by atoms with Crippen LogP contribution in [-0.2, 0) is 16.3 Å². The van der Waals surface area contributed by atoms with E-state index in [9.17, 15) is 8.42 Å². The molecule has 0 aliphatic heterocycles. The molecule has 1 rings (SSSR count). The van der Waals surface area contributed by atoms with Crippen molar-refractivity contribution in [3.63, 3.8) is 0 Å². The quantitative estimate of drug-likeness (QED) is 0.809. The zero-order valence-electron chi connectivity index (χ0n) is 10.4. The van der Waals surface area contributed by atoms with Crippen LogP contribution in [0, 0.1) is 5.92 Å². The smallest absolute Gasteiger partial charge is 0.243 e. The van der Waals surface area contributed by atoms with Gasteiger partial charge in [0, 0.05) is 12.7 Å². The lowest BCUT2D eigenvalue weighted by Gasteiger charge is -2.04. The van der Waals surface area contributed by atoms with Gasteiger partial charge in [0.2, 0.25) is 5.89 Å². The van der Waals surface area contributed by atoms with E-state index in [1.165, 1.54) is 6.26 Å². The third-order valence-corrected chi connectivity index (χ3v) is 3.17. The maximum atomic E-state index is 11.0. The maximum Gasteiger partial charge on any atom is 0.243 e. The monoisotopic (exact) mass is 261 g/mol. The predicted octanol–water partition coefficient (Wildman–Crippen LogP) is 0.703. The Kier molecular flexibility index (Phi) is 4.64. The molecular weight excluding hydrogens is 242 g/mol. The van der Waals surface area contributed by atoms with Crippen molar-refractivity contribution in [1.82, 2.24) is 10.1 Å². The Morgan fingerprint density at radius 1 is 1.41 bits per heavy atom. The molecule has 6 nitrogen and oxygen atoms in total. The van der Waals surface area contributed by atoms with E-state index in [0.29, 0.717) is 24.1 Å². The highest BCUT2D eigenvalue weighted by Crippen LogP contribution is 2.14. The van der Waals surface area contributed by atoms with E-state index in [1.54, 1.807) is 0 Å². The van der Waals surface area contributed by atoms with E-state index in [2.05, 4.69) is 24.0 Å². The summed E-state index contributed by atoms with van der Waals surface area (Å²) in [5, 5.41) is 3.81. The zero-order chi connectivity index (χ0) is 13.1. The van der Waals surface area contributed by atoms with Crippen LogP contribution < -0.4 is 5.73 Å². The number of nitrogens with zero attached hydrogens (tertiary/aromatic N) is 2. The highest BCUT2D eigenvalue weighted by molar-refractivity contribution is 7.90. The van der Waals surface area contributed by atoms with Gasteiger partial charge in [-0.1, -0.05) is 19.0 Å². The van der Waals surface area contributed by atoms with Crippen molar-refractivity contribution >= 4 is 9.84 Å². The van der Waals surface area contributed by atoms with E-state index in [4.69, 9.17) is 10.3 Å². The Labute approximate surface area is 102 Å². The molecule has 0 radical (unpaired) electrons. The first kappa shape index (κ1) is 14.1. The largest absolute Gasteiger partial charge is 0.338 e. The van der Waals surface area contributed by atoms with Gasteiger partial charge in [0.25, 0.3) is 0 Å². The van der Waals surface area contributed by atoms with Crippen molar-refractivity contribution in [3.8, 4) is 0 Å². The van der Waals surface area contributed by atoms with Crippen LogP contribution in [0.5, 0.6) is 0 Å². The number of hydrogen-bond acceptors (Lipinski definition) is 6. The Bertz CT molecular complexity index is 453. The molecule has 7 heteroatoms. The maximum absolute atomic E-state index is 11.0. The topological polar surface area (TPSA) is 99.1 Å². The second kappa shape index (κ2) is 5.59. The summed E-state index contributed by atoms with van der Waals surface area (Å²) < 4.78 is 27.0. The Morgan fingerprint density at radius 2 is 2.06 bits per heavy atom. The molecule has 0 saturated heterocycles.